The van der Waals surface area contributed by atoms with Crippen LogP contribution in [-0.2, 0) is 16.0 Å². The topological polar surface area (TPSA) is 81.2 Å². The van der Waals surface area contributed by atoms with Crippen LogP contribution in [0.25, 0.3) is 0 Å². The van der Waals surface area contributed by atoms with Crippen LogP contribution in [0.4, 0.5) is 0 Å². The van der Waals surface area contributed by atoms with Gasteiger partial charge in [-0.3, -0.25) is 4.99 Å². The van der Waals surface area contributed by atoms with Crippen molar-refractivity contribution >= 4 is 35.9 Å². The Kier molecular flexibility index (Phi) is 12.9. The normalized spacial score (nSPS) is 10.6. The first-order valence-corrected chi connectivity index (χ1v) is 7.93. The maximum absolute atomic E-state index is 11.8. The molecular formula is C17H28IN3O4. The lowest BCUT2D eigenvalue weighted by Crippen LogP contribution is -2.37. The van der Waals surface area contributed by atoms with E-state index in [4.69, 9.17) is 14.2 Å². The molecular weight excluding hydrogens is 437 g/mol. The first-order valence-electron chi connectivity index (χ1n) is 7.93. The summed E-state index contributed by atoms with van der Waals surface area (Å²) in [7, 11) is 4.58. The van der Waals surface area contributed by atoms with Gasteiger partial charge in [0.1, 0.15) is 11.3 Å². The number of hydrogen-bond acceptors (Lipinski definition) is 5. The van der Waals surface area contributed by atoms with Crippen molar-refractivity contribution in [3.05, 3.63) is 29.3 Å². The quantitative estimate of drug-likeness (QED) is 0.191. The molecule has 0 aliphatic carbocycles. The molecule has 0 heterocycles. The summed E-state index contributed by atoms with van der Waals surface area (Å²) >= 11 is 0. The number of hydrogen-bond donors (Lipinski definition) is 2. The second-order valence-corrected chi connectivity index (χ2v) is 4.93. The van der Waals surface area contributed by atoms with Crippen molar-refractivity contribution < 1.29 is 19.0 Å². The minimum atomic E-state index is -0.424. The fraction of sp³-hybridized carbons (Fsp3) is 0.529. The summed E-state index contributed by atoms with van der Waals surface area (Å²) in [5.41, 5.74) is 1.33. The molecule has 0 radical (unpaired) electrons. The third-order valence-electron chi connectivity index (χ3n) is 3.31. The number of esters is 1. The first kappa shape index (κ1) is 23.4. The van der Waals surface area contributed by atoms with Gasteiger partial charge in [0.2, 0.25) is 0 Å². The molecule has 0 spiro atoms. The highest BCUT2D eigenvalue weighted by Gasteiger charge is 2.13. The van der Waals surface area contributed by atoms with E-state index < -0.39 is 5.97 Å². The van der Waals surface area contributed by atoms with E-state index in [0.29, 0.717) is 23.8 Å². The largest absolute Gasteiger partial charge is 0.496 e. The lowest BCUT2D eigenvalue weighted by Gasteiger charge is -2.13. The number of ether oxygens (including phenoxy) is 3. The molecule has 8 heteroatoms. The molecule has 0 aliphatic heterocycles. The van der Waals surface area contributed by atoms with Crippen molar-refractivity contribution in [3.63, 3.8) is 0 Å². The maximum Gasteiger partial charge on any atom is 0.341 e. The molecule has 0 aliphatic rings. The summed E-state index contributed by atoms with van der Waals surface area (Å²) in [4.78, 5) is 16.0. The molecule has 0 saturated carbocycles. The van der Waals surface area contributed by atoms with Gasteiger partial charge in [-0.05, 0) is 31.0 Å². The van der Waals surface area contributed by atoms with Crippen LogP contribution in [0.5, 0.6) is 5.75 Å². The van der Waals surface area contributed by atoms with Crippen molar-refractivity contribution in [2.45, 2.75) is 19.9 Å². The number of benzene rings is 1. The van der Waals surface area contributed by atoms with Gasteiger partial charge in [-0.1, -0.05) is 6.07 Å². The average Bonchev–Trinajstić information content (AvgIpc) is 2.63. The minimum absolute atomic E-state index is 0. The Morgan fingerprint density at radius 1 is 1.24 bits per heavy atom. The van der Waals surface area contributed by atoms with Crippen LogP contribution in [0.1, 0.15) is 29.3 Å². The van der Waals surface area contributed by atoms with Crippen LogP contribution in [-0.4, -0.2) is 53.0 Å². The van der Waals surface area contributed by atoms with Gasteiger partial charge < -0.3 is 24.8 Å². The Balaban J connectivity index is 0.00000576. The molecule has 1 aromatic rings. The highest BCUT2D eigenvalue weighted by molar-refractivity contribution is 14.0. The van der Waals surface area contributed by atoms with Crippen LogP contribution < -0.4 is 15.4 Å². The Morgan fingerprint density at radius 3 is 2.60 bits per heavy atom. The fourth-order valence-electron chi connectivity index (χ4n) is 2.07. The number of nitrogens with one attached hydrogen (secondary N) is 2. The number of carbonyl (C=O) groups is 1. The molecule has 0 aromatic heterocycles. The maximum atomic E-state index is 11.8. The summed E-state index contributed by atoms with van der Waals surface area (Å²) in [6, 6.07) is 5.39. The SMILES string of the molecule is CCOCCCNC(=NC)NCc1ccc(OC)c(C(=O)OC)c1.I. The van der Waals surface area contributed by atoms with Gasteiger partial charge in [0.05, 0.1) is 14.2 Å². The Morgan fingerprint density at radius 2 is 2.00 bits per heavy atom. The summed E-state index contributed by atoms with van der Waals surface area (Å²) in [5, 5.41) is 6.42. The summed E-state index contributed by atoms with van der Waals surface area (Å²) in [5.74, 6) is 0.762. The number of guanidine groups is 1. The van der Waals surface area contributed by atoms with E-state index in [1.165, 1.54) is 14.2 Å². The third kappa shape index (κ3) is 8.39. The zero-order chi connectivity index (χ0) is 17.8. The molecule has 2 N–H and O–H groups in total. The average molecular weight is 465 g/mol. The number of halogens is 1. The zero-order valence-corrected chi connectivity index (χ0v) is 17.6. The van der Waals surface area contributed by atoms with E-state index in [9.17, 15) is 4.79 Å². The van der Waals surface area contributed by atoms with Crippen LogP contribution in [0.15, 0.2) is 23.2 Å². The highest BCUT2D eigenvalue weighted by Crippen LogP contribution is 2.20. The van der Waals surface area contributed by atoms with Gasteiger partial charge in [0.25, 0.3) is 0 Å². The number of aliphatic imine (C=N–C) groups is 1. The molecule has 0 unspecified atom stereocenters. The lowest BCUT2D eigenvalue weighted by atomic mass is 10.1. The molecule has 25 heavy (non-hydrogen) atoms. The van der Waals surface area contributed by atoms with Crippen LogP contribution in [0, 0.1) is 0 Å². The fourth-order valence-corrected chi connectivity index (χ4v) is 2.07. The van der Waals surface area contributed by atoms with Crippen molar-refractivity contribution in [1.29, 1.82) is 0 Å². The van der Waals surface area contributed by atoms with Gasteiger partial charge in [0, 0.05) is 33.4 Å². The van der Waals surface area contributed by atoms with Crippen molar-refractivity contribution in [2.75, 3.05) is 41.0 Å². The van der Waals surface area contributed by atoms with E-state index in [2.05, 4.69) is 15.6 Å². The number of methoxy groups -OCH3 is 2. The molecule has 0 saturated heterocycles. The second kappa shape index (κ2) is 13.7. The van der Waals surface area contributed by atoms with Gasteiger partial charge in [0.15, 0.2) is 5.96 Å². The minimum Gasteiger partial charge on any atom is -0.496 e. The van der Waals surface area contributed by atoms with Gasteiger partial charge >= 0.3 is 5.97 Å². The molecule has 0 atom stereocenters. The predicted octanol–water partition coefficient (Wildman–Crippen LogP) is 2.19. The van der Waals surface area contributed by atoms with E-state index in [1.807, 2.05) is 13.0 Å². The Bertz CT molecular complexity index is 553. The molecule has 142 valence electrons. The van der Waals surface area contributed by atoms with Crippen LogP contribution in [0.2, 0.25) is 0 Å². The van der Waals surface area contributed by atoms with Gasteiger partial charge in [-0.2, -0.15) is 0 Å². The summed E-state index contributed by atoms with van der Waals surface area (Å²) < 4.78 is 15.3. The van der Waals surface area contributed by atoms with E-state index in [0.717, 1.165) is 31.7 Å². The second-order valence-electron chi connectivity index (χ2n) is 4.93. The van der Waals surface area contributed by atoms with Crippen LogP contribution in [0.3, 0.4) is 0 Å². The monoisotopic (exact) mass is 465 g/mol. The van der Waals surface area contributed by atoms with Crippen molar-refractivity contribution in [2.24, 2.45) is 4.99 Å². The molecule has 1 aromatic carbocycles. The van der Waals surface area contributed by atoms with Crippen molar-refractivity contribution in [1.82, 2.24) is 10.6 Å². The number of rotatable bonds is 9. The molecule has 0 amide bonds. The standard InChI is InChI=1S/C17H27N3O4.HI/c1-5-24-10-6-9-19-17(18-2)20-12-13-7-8-15(22-3)14(11-13)16(21)23-4;/h7-8,11H,5-6,9-10,12H2,1-4H3,(H2,18,19,20);1H. The number of nitrogens with zero attached hydrogens (tertiary/aromatic N) is 1. The number of carbonyl (C=O) groups excluding carboxylic acids is 1. The van der Waals surface area contributed by atoms with E-state index >= 15 is 0 Å². The summed E-state index contributed by atoms with van der Waals surface area (Å²) in [6.07, 6.45) is 0.906. The molecule has 0 fully saturated rings. The Hall–Kier alpha value is -1.55. The molecule has 0 bridgehead atoms. The van der Waals surface area contributed by atoms with Crippen LogP contribution >= 0.6 is 24.0 Å². The van der Waals surface area contributed by atoms with Crippen molar-refractivity contribution in [3.8, 4) is 5.75 Å². The summed E-state index contributed by atoms with van der Waals surface area (Å²) in [6.45, 7) is 4.73. The third-order valence-corrected chi connectivity index (χ3v) is 3.31. The molecule has 7 nitrogen and oxygen atoms in total. The molecule has 1 rings (SSSR count). The predicted molar refractivity (Wildman–Crippen MR) is 109 cm³/mol. The Labute approximate surface area is 166 Å². The lowest BCUT2D eigenvalue weighted by molar-refractivity contribution is 0.0597. The van der Waals surface area contributed by atoms with Gasteiger partial charge in [-0.15, -0.1) is 24.0 Å². The van der Waals surface area contributed by atoms with Gasteiger partial charge in [-0.25, -0.2) is 4.79 Å². The highest BCUT2D eigenvalue weighted by atomic mass is 127. The first-order chi connectivity index (χ1) is 11.7. The van der Waals surface area contributed by atoms with E-state index in [-0.39, 0.29) is 24.0 Å². The van der Waals surface area contributed by atoms with E-state index in [1.54, 1.807) is 19.2 Å². The smallest absolute Gasteiger partial charge is 0.341 e. The zero-order valence-electron chi connectivity index (χ0n) is 15.3.